The number of rotatable bonds is 3. The summed E-state index contributed by atoms with van der Waals surface area (Å²) >= 11 is 0. The van der Waals surface area contributed by atoms with E-state index in [0.29, 0.717) is 11.8 Å². The summed E-state index contributed by atoms with van der Waals surface area (Å²) in [5.41, 5.74) is 5.56. The summed E-state index contributed by atoms with van der Waals surface area (Å²) in [5, 5.41) is 0. The van der Waals surface area contributed by atoms with E-state index in [1.165, 1.54) is 51.4 Å². The van der Waals surface area contributed by atoms with E-state index in [9.17, 15) is 4.79 Å². The van der Waals surface area contributed by atoms with Crippen LogP contribution in [0.25, 0.3) is 0 Å². The van der Waals surface area contributed by atoms with E-state index >= 15 is 0 Å². The van der Waals surface area contributed by atoms with Gasteiger partial charge in [-0.1, -0.05) is 25.7 Å². The lowest BCUT2D eigenvalue weighted by atomic mass is 9.79. The zero-order valence-corrected chi connectivity index (χ0v) is 10.1. The van der Waals surface area contributed by atoms with E-state index in [4.69, 9.17) is 5.73 Å². The molecule has 0 spiro atoms. The molecule has 0 saturated heterocycles. The number of nitrogens with two attached hydrogens (primary N) is 1. The first-order valence-electron chi connectivity index (χ1n) is 6.08. The summed E-state index contributed by atoms with van der Waals surface area (Å²) in [7, 11) is 0. The molecule has 2 N–H and O–H groups in total. The maximum atomic E-state index is 11.5. The second-order valence-corrected chi connectivity index (χ2v) is 5.02. The van der Waals surface area contributed by atoms with E-state index < -0.39 is 0 Å². The van der Waals surface area contributed by atoms with Crippen LogP contribution in [-0.2, 0) is 4.79 Å². The summed E-state index contributed by atoms with van der Waals surface area (Å²) < 4.78 is 0. The highest BCUT2D eigenvalue weighted by atomic mass is 35.5. The summed E-state index contributed by atoms with van der Waals surface area (Å²) in [6, 6.07) is 0. The van der Waals surface area contributed by atoms with Crippen LogP contribution >= 0.6 is 12.4 Å². The zero-order valence-electron chi connectivity index (χ0n) is 9.28. The molecule has 15 heavy (non-hydrogen) atoms. The van der Waals surface area contributed by atoms with Crippen molar-refractivity contribution in [2.75, 3.05) is 0 Å². The van der Waals surface area contributed by atoms with E-state index in [2.05, 4.69) is 0 Å². The normalized spacial score (nSPS) is 23.3. The maximum absolute atomic E-state index is 11.5. The number of carbonyl (C=O) groups is 1. The molecule has 2 rings (SSSR count). The van der Waals surface area contributed by atoms with Gasteiger partial charge in [-0.05, 0) is 37.5 Å². The highest BCUT2D eigenvalue weighted by molar-refractivity contribution is 5.85. The van der Waals surface area contributed by atoms with Crippen LogP contribution in [0, 0.1) is 17.8 Å². The van der Waals surface area contributed by atoms with Gasteiger partial charge in [0.25, 0.3) is 0 Å². The Morgan fingerprint density at radius 2 is 1.27 bits per heavy atom. The van der Waals surface area contributed by atoms with Gasteiger partial charge in [-0.3, -0.25) is 4.79 Å². The second kappa shape index (κ2) is 5.74. The first-order chi connectivity index (χ1) is 6.79. The van der Waals surface area contributed by atoms with Crippen molar-refractivity contribution in [1.29, 1.82) is 0 Å². The monoisotopic (exact) mass is 231 g/mol. The molecule has 0 aromatic rings. The molecule has 2 aliphatic carbocycles. The van der Waals surface area contributed by atoms with Gasteiger partial charge >= 0.3 is 0 Å². The summed E-state index contributed by atoms with van der Waals surface area (Å²) in [6.07, 6.45) is 10.2. The van der Waals surface area contributed by atoms with Crippen LogP contribution in [0.5, 0.6) is 0 Å². The molecule has 0 radical (unpaired) electrons. The average Bonchev–Trinajstić information content (AvgIpc) is 2.75. The molecule has 2 fully saturated rings. The van der Waals surface area contributed by atoms with E-state index in [1.54, 1.807) is 0 Å². The molecule has 0 unspecified atom stereocenters. The number of hydrogen-bond donors (Lipinski definition) is 1. The van der Waals surface area contributed by atoms with Gasteiger partial charge in [-0.15, -0.1) is 12.4 Å². The van der Waals surface area contributed by atoms with Gasteiger partial charge < -0.3 is 5.73 Å². The lowest BCUT2D eigenvalue weighted by molar-refractivity contribution is -0.125. The van der Waals surface area contributed by atoms with Crippen molar-refractivity contribution in [2.24, 2.45) is 23.5 Å². The van der Waals surface area contributed by atoms with Gasteiger partial charge in [0.1, 0.15) is 0 Å². The fraction of sp³-hybridized carbons (Fsp3) is 0.917. The minimum Gasteiger partial charge on any atom is -0.369 e. The largest absolute Gasteiger partial charge is 0.369 e. The van der Waals surface area contributed by atoms with Crippen molar-refractivity contribution < 1.29 is 4.79 Å². The van der Waals surface area contributed by atoms with Crippen molar-refractivity contribution in [3.05, 3.63) is 0 Å². The molecule has 1 amide bonds. The standard InChI is InChI=1S/C12H21NO.ClH/c13-12(14)11(9-5-1-2-6-9)10-7-3-4-8-10;/h9-11H,1-8H2,(H2,13,14);1H. The van der Waals surface area contributed by atoms with Crippen LogP contribution in [0.15, 0.2) is 0 Å². The van der Waals surface area contributed by atoms with E-state index in [-0.39, 0.29) is 24.2 Å². The first-order valence-corrected chi connectivity index (χ1v) is 6.08. The van der Waals surface area contributed by atoms with Crippen LogP contribution in [0.2, 0.25) is 0 Å². The highest BCUT2D eigenvalue weighted by Crippen LogP contribution is 2.41. The van der Waals surface area contributed by atoms with E-state index in [0.717, 1.165) is 0 Å². The number of primary amides is 1. The molecule has 0 aromatic heterocycles. The predicted molar refractivity (Wildman–Crippen MR) is 63.8 cm³/mol. The Hall–Kier alpha value is -0.240. The highest BCUT2D eigenvalue weighted by Gasteiger charge is 2.36. The Morgan fingerprint density at radius 1 is 0.933 bits per heavy atom. The van der Waals surface area contributed by atoms with Gasteiger partial charge in [0, 0.05) is 5.92 Å². The number of amides is 1. The molecule has 0 bridgehead atoms. The minimum absolute atomic E-state index is 0. The van der Waals surface area contributed by atoms with Crippen LogP contribution in [0.3, 0.4) is 0 Å². The summed E-state index contributed by atoms with van der Waals surface area (Å²) in [4.78, 5) is 11.5. The van der Waals surface area contributed by atoms with Crippen molar-refractivity contribution in [1.82, 2.24) is 0 Å². The lowest BCUT2D eigenvalue weighted by Gasteiger charge is -2.25. The van der Waals surface area contributed by atoms with Crippen molar-refractivity contribution in [2.45, 2.75) is 51.4 Å². The smallest absolute Gasteiger partial charge is 0.221 e. The molecule has 0 aliphatic heterocycles. The minimum atomic E-state index is -0.0243. The summed E-state index contributed by atoms with van der Waals surface area (Å²) in [5.74, 6) is 1.43. The van der Waals surface area contributed by atoms with Gasteiger partial charge in [-0.2, -0.15) is 0 Å². The Bertz CT molecular complexity index is 192. The van der Waals surface area contributed by atoms with Crippen LogP contribution < -0.4 is 5.73 Å². The molecule has 2 nitrogen and oxygen atoms in total. The van der Waals surface area contributed by atoms with Crippen LogP contribution in [-0.4, -0.2) is 5.91 Å². The Kier molecular flexibility index (Phi) is 4.91. The molecule has 2 saturated carbocycles. The average molecular weight is 232 g/mol. The Morgan fingerprint density at radius 3 is 1.53 bits per heavy atom. The Labute approximate surface area is 98.4 Å². The van der Waals surface area contributed by atoms with Crippen molar-refractivity contribution in [3.63, 3.8) is 0 Å². The van der Waals surface area contributed by atoms with Gasteiger partial charge in [0.15, 0.2) is 0 Å². The quantitative estimate of drug-likeness (QED) is 0.798. The third-order valence-corrected chi connectivity index (χ3v) is 4.14. The van der Waals surface area contributed by atoms with Gasteiger partial charge in [0.05, 0.1) is 0 Å². The zero-order chi connectivity index (χ0) is 9.97. The molecule has 3 heteroatoms. The number of hydrogen-bond acceptors (Lipinski definition) is 1. The number of halogens is 1. The maximum Gasteiger partial charge on any atom is 0.221 e. The molecule has 2 aliphatic rings. The van der Waals surface area contributed by atoms with Crippen LogP contribution in [0.4, 0.5) is 0 Å². The van der Waals surface area contributed by atoms with Gasteiger partial charge in [0.2, 0.25) is 5.91 Å². The molecular weight excluding hydrogens is 210 g/mol. The molecule has 0 aromatic carbocycles. The molecule has 0 atom stereocenters. The predicted octanol–water partition coefficient (Wildman–Crippen LogP) is 2.89. The van der Waals surface area contributed by atoms with Crippen LogP contribution in [0.1, 0.15) is 51.4 Å². The Balaban J connectivity index is 0.00000112. The molecular formula is C12H22ClNO. The van der Waals surface area contributed by atoms with Gasteiger partial charge in [-0.25, -0.2) is 0 Å². The van der Waals surface area contributed by atoms with Crippen molar-refractivity contribution >= 4 is 18.3 Å². The third-order valence-electron chi connectivity index (χ3n) is 4.14. The first kappa shape index (κ1) is 12.8. The second-order valence-electron chi connectivity index (χ2n) is 5.02. The SMILES string of the molecule is Cl.NC(=O)C(C1CCCC1)C1CCCC1. The van der Waals surface area contributed by atoms with Crippen molar-refractivity contribution in [3.8, 4) is 0 Å². The molecule has 0 heterocycles. The topological polar surface area (TPSA) is 43.1 Å². The third kappa shape index (κ3) is 2.87. The summed E-state index contributed by atoms with van der Waals surface area (Å²) in [6.45, 7) is 0. The fourth-order valence-corrected chi connectivity index (χ4v) is 3.48. The lowest BCUT2D eigenvalue weighted by Crippen LogP contribution is -2.34. The fourth-order valence-electron chi connectivity index (χ4n) is 3.48. The molecule has 88 valence electrons. The number of carbonyl (C=O) groups excluding carboxylic acids is 1. The van der Waals surface area contributed by atoms with E-state index in [1.807, 2.05) is 0 Å².